The molecule has 1 saturated heterocycles. The monoisotopic (exact) mass is 160 g/mol. The second kappa shape index (κ2) is 3.69. The van der Waals surface area contributed by atoms with Crippen LogP contribution in [0, 0.1) is 0 Å². The van der Waals surface area contributed by atoms with Crippen molar-refractivity contribution in [2.24, 2.45) is 0 Å². The summed E-state index contributed by atoms with van der Waals surface area (Å²) >= 11 is 0. The van der Waals surface area contributed by atoms with Crippen molar-refractivity contribution in [2.75, 3.05) is 13.2 Å². The molecule has 2 atom stereocenters. The van der Waals surface area contributed by atoms with Gasteiger partial charge in [0.25, 0.3) is 0 Å². The number of carboxylic acid groups (broad SMARTS) is 1. The zero-order valence-electron chi connectivity index (χ0n) is 6.45. The molecule has 1 aliphatic rings. The molecule has 1 aliphatic heterocycles. The Morgan fingerprint density at radius 3 is 2.91 bits per heavy atom. The molecule has 0 aromatic rings. The molecule has 1 fully saturated rings. The Hall–Kier alpha value is -0.610. The number of ether oxygens (including phenoxy) is 2. The quantitative estimate of drug-likeness (QED) is 0.629. The van der Waals surface area contributed by atoms with E-state index >= 15 is 0 Å². The predicted molar refractivity (Wildman–Crippen MR) is 37.4 cm³/mol. The molecule has 64 valence electrons. The Morgan fingerprint density at radius 1 is 1.64 bits per heavy atom. The summed E-state index contributed by atoms with van der Waals surface area (Å²) in [5.74, 6) is -0.840. The van der Waals surface area contributed by atoms with Crippen LogP contribution in [0.5, 0.6) is 0 Å². The number of hydrogen-bond donors (Lipinski definition) is 1. The molecule has 0 saturated carbocycles. The van der Waals surface area contributed by atoms with Gasteiger partial charge in [0.1, 0.15) is 0 Å². The number of carboxylic acids is 1. The fourth-order valence-electron chi connectivity index (χ4n) is 1.07. The lowest BCUT2D eigenvalue weighted by molar-refractivity contribution is -0.156. The van der Waals surface area contributed by atoms with Gasteiger partial charge in [0, 0.05) is 0 Å². The van der Waals surface area contributed by atoms with Crippen molar-refractivity contribution in [1.29, 1.82) is 0 Å². The van der Waals surface area contributed by atoms with E-state index in [0.29, 0.717) is 13.2 Å². The van der Waals surface area contributed by atoms with Gasteiger partial charge in [-0.05, 0) is 6.92 Å². The highest BCUT2D eigenvalue weighted by atomic mass is 16.6. The van der Waals surface area contributed by atoms with Gasteiger partial charge in [-0.3, -0.25) is 4.79 Å². The summed E-state index contributed by atoms with van der Waals surface area (Å²) in [6, 6.07) is 0. The maximum absolute atomic E-state index is 10.2. The van der Waals surface area contributed by atoms with Crippen LogP contribution in [-0.4, -0.2) is 36.5 Å². The van der Waals surface area contributed by atoms with Crippen LogP contribution in [0.1, 0.15) is 13.3 Å². The van der Waals surface area contributed by atoms with Crippen LogP contribution < -0.4 is 0 Å². The summed E-state index contributed by atoms with van der Waals surface area (Å²) < 4.78 is 10.4. The van der Waals surface area contributed by atoms with Gasteiger partial charge in [0.2, 0.25) is 0 Å². The van der Waals surface area contributed by atoms with Crippen LogP contribution in [-0.2, 0) is 14.3 Å². The Morgan fingerprint density at radius 2 is 2.36 bits per heavy atom. The number of rotatable bonds is 2. The van der Waals surface area contributed by atoms with E-state index in [0.717, 1.165) is 0 Å². The lowest BCUT2D eigenvalue weighted by Gasteiger charge is -2.26. The van der Waals surface area contributed by atoms with Crippen LogP contribution in [0.15, 0.2) is 0 Å². The lowest BCUT2D eigenvalue weighted by Crippen LogP contribution is -2.35. The van der Waals surface area contributed by atoms with Crippen molar-refractivity contribution in [1.82, 2.24) is 0 Å². The molecule has 4 heteroatoms. The predicted octanol–water partition coefficient (Wildman–Crippen LogP) is 0.265. The number of aliphatic carboxylic acids is 1. The second-order valence-corrected chi connectivity index (χ2v) is 2.70. The van der Waals surface area contributed by atoms with Crippen molar-refractivity contribution in [3.63, 3.8) is 0 Å². The second-order valence-electron chi connectivity index (χ2n) is 2.70. The summed E-state index contributed by atoms with van der Waals surface area (Å²) in [5.41, 5.74) is 0. The SMILES string of the molecule is CC1COCC(CC(=O)O)O1. The molecule has 1 heterocycles. The zero-order chi connectivity index (χ0) is 8.27. The van der Waals surface area contributed by atoms with E-state index in [1.54, 1.807) is 0 Å². The smallest absolute Gasteiger partial charge is 0.306 e. The maximum Gasteiger partial charge on any atom is 0.306 e. The van der Waals surface area contributed by atoms with E-state index in [1.807, 2.05) is 6.92 Å². The molecule has 0 radical (unpaired) electrons. The third kappa shape index (κ3) is 2.86. The van der Waals surface area contributed by atoms with Gasteiger partial charge >= 0.3 is 5.97 Å². The molecule has 1 rings (SSSR count). The number of carbonyl (C=O) groups is 1. The Labute approximate surface area is 65.1 Å². The molecule has 4 nitrogen and oxygen atoms in total. The van der Waals surface area contributed by atoms with E-state index in [4.69, 9.17) is 14.6 Å². The topological polar surface area (TPSA) is 55.8 Å². The summed E-state index contributed by atoms with van der Waals surface area (Å²) in [4.78, 5) is 10.2. The summed E-state index contributed by atoms with van der Waals surface area (Å²) in [6.07, 6.45) is -0.214. The Bertz CT molecular complexity index is 145. The van der Waals surface area contributed by atoms with E-state index in [-0.39, 0.29) is 18.6 Å². The highest BCUT2D eigenvalue weighted by Gasteiger charge is 2.21. The number of hydrogen-bond acceptors (Lipinski definition) is 3. The van der Waals surface area contributed by atoms with Gasteiger partial charge in [0.15, 0.2) is 0 Å². The van der Waals surface area contributed by atoms with E-state index in [2.05, 4.69) is 0 Å². The minimum absolute atomic E-state index is 0.0214. The minimum atomic E-state index is -0.840. The molecular formula is C7H12O4. The van der Waals surface area contributed by atoms with Crippen molar-refractivity contribution in [3.05, 3.63) is 0 Å². The fourth-order valence-corrected chi connectivity index (χ4v) is 1.07. The maximum atomic E-state index is 10.2. The third-order valence-corrected chi connectivity index (χ3v) is 1.48. The van der Waals surface area contributed by atoms with Gasteiger partial charge < -0.3 is 14.6 Å². The zero-order valence-corrected chi connectivity index (χ0v) is 6.45. The van der Waals surface area contributed by atoms with Crippen molar-refractivity contribution < 1.29 is 19.4 Å². The van der Waals surface area contributed by atoms with Crippen molar-refractivity contribution >= 4 is 5.97 Å². The molecule has 1 N–H and O–H groups in total. The van der Waals surface area contributed by atoms with Crippen molar-refractivity contribution in [2.45, 2.75) is 25.6 Å². The average Bonchev–Trinajstić information content (AvgIpc) is 1.85. The Kier molecular flexibility index (Phi) is 2.84. The molecule has 0 aromatic heterocycles. The standard InChI is InChI=1S/C7H12O4/c1-5-3-10-4-6(11-5)2-7(8)9/h5-6H,2-4H2,1H3,(H,8,9). The first kappa shape index (κ1) is 8.49. The minimum Gasteiger partial charge on any atom is -0.481 e. The lowest BCUT2D eigenvalue weighted by atomic mass is 10.2. The third-order valence-electron chi connectivity index (χ3n) is 1.48. The van der Waals surface area contributed by atoms with Gasteiger partial charge in [-0.25, -0.2) is 0 Å². The van der Waals surface area contributed by atoms with E-state index in [1.165, 1.54) is 0 Å². The molecule has 0 aromatic carbocycles. The van der Waals surface area contributed by atoms with Crippen LogP contribution >= 0.6 is 0 Å². The fraction of sp³-hybridized carbons (Fsp3) is 0.857. The first-order valence-corrected chi connectivity index (χ1v) is 3.63. The van der Waals surface area contributed by atoms with Gasteiger partial charge in [-0.1, -0.05) is 0 Å². The molecule has 11 heavy (non-hydrogen) atoms. The van der Waals surface area contributed by atoms with Gasteiger partial charge in [-0.2, -0.15) is 0 Å². The highest BCUT2D eigenvalue weighted by molar-refractivity contribution is 5.67. The molecule has 2 unspecified atom stereocenters. The summed E-state index contributed by atoms with van der Waals surface area (Å²) in [7, 11) is 0. The van der Waals surface area contributed by atoms with Crippen LogP contribution in [0.3, 0.4) is 0 Å². The summed E-state index contributed by atoms with van der Waals surface area (Å²) in [6.45, 7) is 2.83. The first-order chi connectivity index (χ1) is 5.18. The van der Waals surface area contributed by atoms with Gasteiger partial charge in [-0.15, -0.1) is 0 Å². The summed E-state index contributed by atoms with van der Waals surface area (Å²) in [5, 5.41) is 8.42. The van der Waals surface area contributed by atoms with E-state index < -0.39 is 5.97 Å². The molecule has 0 spiro atoms. The van der Waals surface area contributed by atoms with Crippen LogP contribution in [0.25, 0.3) is 0 Å². The Balaban J connectivity index is 2.28. The molecule has 0 bridgehead atoms. The molecule has 0 amide bonds. The van der Waals surface area contributed by atoms with Crippen LogP contribution in [0.4, 0.5) is 0 Å². The van der Waals surface area contributed by atoms with Crippen LogP contribution in [0.2, 0.25) is 0 Å². The van der Waals surface area contributed by atoms with Crippen molar-refractivity contribution in [3.8, 4) is 0 Å². The molecule has 0 aliphatic carbocycles. The largest absolute Gasteiger partial charge is 0.481 e. The molecular weight excluding hydrogens is 148 g/mol. The first-order valence-electron chi connectivity index (χ1n) is 3.63. The van der Waals surface area contributed by atoms with E-state index in [9.17, 15) is 4.79 Å². The average molecular weight is 160 g/mol. The normalized spacial score (nSPS) is 31.7. The highest BCUT2D eigenvalue weighted by Crippen LogP contribution is 2.09. The van der Waals surface area contributed by atoms with Gasteiger partial charge in [0.05, 0.1) is 31.8 Å².